The van der Waals surface area contributed by atoms with E-state index >= 15 is 0 Å². The van der Waals surface area contributed by atoms with Crippen LogP contribution in [0, 0.1) is 17.1 Å². The van der Waals surface area contributed by atoms with Gasteiger partial charge in [-0.05, 0) is 46.6 Å². The Bertz CT molecular complexity index is 392. The summed E-state index contributed by atoms with van der Waals surface area (Å²) in [5, 5.41) is 20.5. The van der Waals surface area contributed by atoms with E-state index < -0.39 is 6.04 Å². The predicted octanol–water partition coefficient (Wildman–Crippen LogP) is 2.12. The van der Waals surface area contributed by atoms with Crippen LogP contribution in [-0.4, -0.2) is 18.3 Å². The van der Waals surface area contributed by atoms with Crippen LogP contribution >= 0.6 is 15.9 Å². The van der Waals surface area contributed by atoms with Gasteiger partial charge in [-0.15, -0.1) is 0 Å². The molecule has 0 saturated carbocycles. The molecule has 0 amide bonds. The molecule has 1 rings (SSSR count). The molecule has 0 aliphatic heterocycles. The van der Waals surface area contributed by atoms with E-state index in [-0.39, 0.29) is 12.4 Å². The molecule has 0 heterocycles. The molecule has 1 atom stereocenters. The number of nitrogens with zero attached hydrogens (tertiary/aromatic N) is 1. The van der Waals surface area contributed by atoms with Gasteiger partial charge in [0.15, 0.2) is 0 Å². The highest BCUT2D eigenvalue weighted by molar-refractivity contribution is 9.10. The minimum atomic E-state index is -0.483. The lowest BCUT2D eigenvalue weighted by molar-refractivity contribution is 0.285. The minimum absolute atomic E-state index is 0.0816. The number of aliphatic hydroxyl groups is 1. The number of hydrogen-bond donors (Lipinski definition) is 2. The molecule has 0 spiro atoms. The van der Waals surface area contributed by atoms with E-state index in [4.69, 9.17) is 10.4 Å². The van der Waals surface area contributed by atoms with E-state index in [1.54, 1.807) is 12.1 Å². The van der Waals surface area contributed by atoms with Crippen molar-refractivity contribution in [2.24, 2.45) is 0 Å². The van der Waals surface area contributed by atoms with Crippen molar-refractivity contribution < 1.29 is 9.50 Å². The van der Waals surface area contributed by atoms with E-state index in [1.165, 1.54) is 6.07 Å². The lowest BCUT2D eigenvalue weighted by atomic mass is 10.1. The van der Waals surface area contributed by atoms with E-state index in [0.29, 0.717) is 23.0 Å². The average molecular weight is 287 g/mol. The Labute approximate surface area is 102 Å². The second-order valence-electron chi connectivity index (χ2n) is 3.27. The molecule has 0 fully saturated rings. The fourth-order valence-corrected chi connectivity index (χ4v) is 1.65. The third-order valence-electron chi connectivity index (χ3n) is 2.09. The summed E-state index contributed by atoms with van der Waals surface area (Å²) in [7, 11) is 0. The normalized spacial score (nSPS) is 12.1. The maximum Gasteiger partial charge on any atom is 0.137 e. The monoisotopic (exact) mass is 286 g/mol. The first kappa shape index (κ1) is 13.1. The van der Waals surface area contributed by atoms with Crippen LogP contribution in [0.2, 0.25) is 0 Å². The van der Waals surface area contributed by atoms with Crippen LogP contribution in [0.15, 0.2) is 22.7 Å². The average Bonchev–Trinajstić information content (AvgIpc) is 2.29. The molecule has 0 saturated heterocycles. The molecular formula is C11H12BrFN2O. The number of nitrogens with one attached hydrogen (secondary N) is 1. The summed E-state index contributed by atoms with van der Waals surface area (Å²) in [6, 6.07) is 6.07. The lowest BCUT2D eigenvalue weighted by Gasteiger charge is -2.11. The first-order valence-corrected chi connectivity index (χ1v) is 5.67. The number of nitriles is 1. The van der Waals surface area contributed by atoms with Gasteiger partial charge in [0.1, 0.15) is 11.9 Å². The molecule has 1 aromatic rings. The quantitative estimate of drug-likeness (QED) is 0.816. The molecule has 0 radical (unpaired) electrons. The SMILES string of the molecule is N#CC(NCCCO)c1ccc(F)c(Br)c1. The lowest BCUT2D eigenvalue weighted by Crippen LogP contribution is -2.21. The van der Waals surface area contributed by atoms with E-state index in [2.05, 4.69) is 27.3 Å². The smallest absolute Gasteiger partial charge is 0.137 e. The zero-order valence-electron chi connectivity index (χ0n) is 8.58. The maximum absolute atomic E-state index is 13.0. The Hall–Kier alpha value is -0.960. The van der Waals surface area contributed by atoms with Crippen molar-refractivity contribution in [1.82, 2.24) is 5.32 Å². The van der Waals surface area contributed by atoms with E-state index in [9.17, 15) is 4.39 Å². The fourth-order valence-electron chi connectivity index (χ4n) is 1.26. The Morgan fingerprint density at radius 3 is 2.88 bits per heavy atom. The van der Waals surface area contributed by atoms with Crippen molar-refractivity contribution in [3.05, 3.63) is 34.1 Å². The summed E-state index contributed by atoms with van der Waals surface area (Å²) in [6.45, 7) is 0.627. The van der Waals surface area contributed by atoms with Gasteiger partial charge in [-0.2, -0.15) is 5.26 Å². The molecule has 0 aliphatic rings. The molecule has 86 valence electrons. The molecular weight excluding hydrogens is 275 g/mol. The van der Waals surface area contributed by atoms with Crippen LogP contribution in [0.3, 0.4) is 0 Å². The zero-order valence-corrected chi connectivity index (χ0v) is 10.2. The van der Waals surface area contributed by atoms with E-state index in [1.807, 2.05) is 0 Å². The summed E-state index contributed by atoms with van der Waals surface area (Å²) in [6.07, 6.45) is 0.584. The Morgan fingerprint density at radius 1 is 1.56 bits per heavy atom. The van der Waals surface area contributed by atoms with Gasteiger partial charge in [0.05, 0.1) is 10.5 Å². The number of halogens is 2. The first-order chi connectivity index (χ1) is 7.69. The van der Waals surface area contributed by atoms with Gasteiger partial charge in [-0.1, -0.05) is 6.07 Å². The topological polar surface area (TPSA) is 56.0 Å². The highest BCUT2D eigenvalue weighted by Crippen LogP contribution is 2.21. The maximum atomic E-state index is 13.0. The van der Waals surface area contributed by atoms with Crippen LogP contribution < -0.4 is 5.32 Å². The number of benzene rings is 1. The third kappa shape index (κ3) is 3.56. The van der Waals surface area contributed by atoms with Gasteiger partial charge in [-0.3, -0.25) is 5.32 Å². The minimum Gasteiger partial charge on any atom is -0.396 e. The van der Waals surface area contributed by atoms with Crippen molar-refractivity contribution in [2.75, 3.05) is 13.2 Å². The Morgan fingerprint density at radius 2 is 2.31 bits per heavy atom. The fraction of sp³-hybridized carbons (Fsp3) is 0.364. The number of rotatable bonds is 5. The molecule has 1 aromatic carbocycles. The van der Waals surface area contributed by atoms with Gasteiger partial charge in [-0.25, -0.2) is 4.39 Å². The Balaban J connectivity index is 2.72. The van der Waals surface area contributed by atoms with Gasteiger partial charge >= 0.3 is 0 Å². The Kier molecular flexibility index (Phi) is 5.39. The summed E-state index contributed by atoms with van der Waals surface area (Å²) in [4.78, 5) is 0. The standard InChI is InChI=1S/C11H12BrFN2O/c12-9-6-8(2-3-10(9)13)11(7-14)15-4-1-5-16/h2-3,6,11,15-16H,1,4-5H2. The molecule has 3 nitrogen and oxygen atoms in total. The van der Waals surface area contributed by atoms with Gasteiger partial charge in [0.2, 0.25) is 0 Å². The van der Waals surface area contributed by atoms with Crippen LogP contribution in [-0.2, 0) is 0 Å². The second kappa shape index (κ2) is 6.59. The van der Waals surface area contributed by atoms with Crippen molar-refractivity contribution in [3.8, 4) is 6.07 Å². The highest BCUT2D eigenvalue weighted by Gasteiger charge is 2.11. The zero-order chi connectivity index (χ0) is 12.0. The molecule has 2 N–H and O–H groups in total. The number of aliphatic hydroxyl groups excluding tert-OH is 1. The number of hydrogen-bond acceptors (Lipinski definition) is 3. The van der Waals surface area contributed by atoms with Gasteiger partial charge in [0.25, 0.3) is 0 Å². The van der Waals surface area contributed by atoms with Crippen molar-refractivity contribution >= 4 is 15.9 Å². The van der Waals surface area contributed by atoms with Crippen LogP contribution in [0.5, 0.6) is 0 Å². The van der Waals surface area contributed by atoms with Crippen LogP contribution in [0.25, 0.3) is 0 Å². The molecule has 1 unspecified atom stereocenters. The third-order valence-corrected chi connectivity index (χ3v) is 2.70. The molecule has 0 aromatic heterocycles. The van der Waals surface area contributed by atoms with Gasteiger partial charge in [0, 0.05) is 6.61 Å². The van der Waals surface area contributed by atoms with Crippen LogP contribution in [0.4, 0.5) is 4.39 Å². The van der Waals surface area contributed by atoms with E-state index in [0.717, 1.165) is 0 Å². The second-order valence-corrected chi connectivity index (χ2v) is 4.12. The summed E-state index contributed by atoms with van der Waals surface area (Å²) in [5.41, 5.74) is 0.703. The highest BCUT2D eigenvalue weighted by atomic mass is 79.9. The van der Waals surface area contributed by atoms with Gasteiger partial charge < -0.3 is 5.11 Å². The summed E-state index contributed by atoms with van der Waals surface area (Å²) < 4.78 is 13.3. The van der Waals surface area contributed by atoms with Crippen molar-refractivity contribution in [2.45, 2.75) is 12.5 Å². The first-order valence-electron chi connectivity index (χ1n) is 4.88. The molecule has 5 heteroatoms. The summed E-state index contributed by atoms with van der Waals surface area (Å²) >= 11 is 3.07. The predicted molar refractivity (Wildman–Crippen MR) is 62.2 cm³/mol. The van der Waals surface area contributed by atoms with Crippen molar-refractivity contribution in [1.29, 1.82) is 5.26 Å². The molecule has 0 bridgehead atoms. The van der Waals surface area contributed by atoms with Crippen molar-refractivity contribution in [3.63, 3.8) is 0 Å². The summed E-state index contributed by atoms with van der Waals surface area (Å²) in [5.74, 6) is -0.351. The largest absolute Gasteiger partial charge is 0.396 e. The van der Waals surface area contributed by atoms with Crippen LogP contribution in [0.1, 0.15) is 18.0 Å². The molecule has 16 heavy (non-hydrogen) atoms. The molecule has 0 aliphatic carbocycles.